The van der Waals surface area contributed by atoms with Crippen LogP contribution in [0.15, 0.2) is 30.3 Å². The van der Waals surface area contributed by atoms with Crippen molar-refractivity contribution in [1.82, 2.24) is 5.32 Å². The Bertz CT molecular complexity index is 827. The van der Waals surface area contributed by atoms with Crippen molar-refractivity contribution in [2.24, 2.45) is 0 Å². The van der Waals surface area contributed by atoms with Gasteiger partial charge in [0.1, 0.15) is 4.88 Å². The van der Waals surface area contributed by atoms with E-state index in [2.05, 4.69) is 10.8 Å². The molecule has 1 heterocycles. The van der Waals surface area contributed by atoms with Crippen molar-refractivity contribution in [2.45, 2.75) is 19.8 Å². The summed E-state index contributed by atoms with van der Waals surface area (Å²) in [5, 5.41) is 1.98. The molecule has 0 saturated carbocycles. The number of alkyl carbamates (subject to hydrolysis) is 1. The fourth-order valence-corrected chi connectivity index (χ4v) is 3.86. The molecule has 0 atom stereocenters. The molecule has 0 fully saturated rings. The second-order valence-electron chi connectivity index (χ2n) is 5.47. The van der Waals surface area contributed by atoms with Gasteiger partial charge in [-0.2, -0.15) is 0 Å². The normalized spacial score (nSPS) is 11.9. The highest BCUT2D eigenvalue weighted by atomic mass is 32.1. The van der Waals surface area contributed by atoms with Crippen molar-refractivity contribution in [3.8, 4) is 10.4 Å². The molecule has 1 aliphatic rings. The first-order chi connectivity index (χ1) is 12.1. The summed E-state index contributed by atoms with van der Waals surface area (Å²) in [6.45, 7) is 1.25. The Morgan fingerprint density at radius 3 is 2.68 bits per heavy atom. The molecular weight excluding hydrogens is 342 g/mol. The molecular formula is C18H17NO5S. The maximum absolute atomic E-state index is 12.2. The molecule has 0 unspecified atom stereocenters. The predicted octanol–water partition coefficient (Wildman–Crippen LogP) is 2.94. The average molecular weight is 359 g/mol. The lowest BCUT2D eigenvalue weighted by Gasteiger charge is -2.15. The van der Waals surface area contributed by atoms with Crippen LogP contribution in [0.2, 0.25) is 0 Å². The molecule has 130 valence electrons. The summed E-state index contributed by atoms with van der Waals surface area (Å²) in [6, 6.07) is 9.95. The van der Waals surface area contributed by atoms with Crippen molar-refractivity contribution in [3.63, 3.8) is 0 Å². The third kappa shape index (κ3) is 3.88. The summed E-state index contributed by atoms with van der Waals surface area (Å²) in [4.78, 5) is 36.4. The minimum atomic E-state index is -0.855. The van der Waals surface area contributed by atoms with E-state index < -0.39 is 24.6 Å². The number of imide groups is 1. The van der Waals surface area contributed by atoms with Gasteiger partial charge in [-0.15, -0.1) is 11.3 Å². The van der Waals surface area contributed by atoms with Gasteiger partial charge in [-0.25, -0.2) is 9.59 Å². The zero-order chi connectivity index (χ0) is 17.8. The third-order valence-corrected chi connectivity index (χ3v) is 4.98. The van der Waals surface area contributed by atoms with Gasteiger partial charge >= 0.3 is 12.1 Å². The van der Waals surface area contributed by atoms with E-state index in [1.165, 1.54) is 16.9 Å². The van der Waals surface area contributed by atoms with Crippen molar-refractivity contribution in [2.75, 3.05) is 13.2 Å². The lowest BCUT2D eigenvalue weighted by molar-refractivity contribution is -0.123. The number of hydrogen-bond acceptors (Lipinski definition) is 6. The molecule has 0 aliphatic heterocycles. The SMILES string of the molecule is CCOC(=O)NC(=O)COC(=O)c1cc2c(s1)-c1ccccc1CC2. The molecule has 25 heavy (non-hydrogen) atoms. The first-order valence-electron chi connectivity index (χ1n) is 7.93. The van der Waals surface area contributed by atoms with E-state index in [9.17, 15) is 14.4 Å². The smallest absolute Gasteiger partial charge is 0.413 e. The van der Waals surface area contributed by atoms with Gasteiger partial charge in [-0.1, -0.05) is 24.3 Å². The monoisotopic (exact) mass is 359 g/mol. The maximum atomic E-state index is 12.2. The van der Waals surface area contributed by atoms with Crippen molar-refractivity contribution in [1.29, 1.82) is 0 Å². The van der Waals surface area contributed by atoms with Gasteiger partial charge in [0.2, 0.25) is 0 Å². The Morgan fingerprint density at radius 2 is 1.88 bits per heavy atom. The minimum Gasteiger partial charge on any atom is -0.451 e. The van der Waals surface area contributed by atoms with Crippen LogP contribution in [0.3, 0.4) is 0 Å². The van der Waals surface area contributed by atoms with Gasteiger partial charge < -0.3 is 9.47 Å². The number of fused-ring (bicyclic) bond motifs is 3. The van der Waals surface area contributed by atoms with E-state index in [4.69, 9.17) is 4.74 Å². The second kappa shape index (κ2) is 7.48. The number of hydrogen-bond donors (Lipinski definition) is 1. The van der Waals surface area contributed by atoms with Crippen molar-refractivity contribution in [3.05, 3.63) is 46.3 Å². The van der Waals surface area contributed by atoms with Crippen LogP contribution < -0.4 is 5.32 Å². The number of nitrogens with one attached hydrogen (secondary N) is 1. The van der Waals surface area contributed by atoms with E-state index in [0.717, 1.165) is 28.8 Å². The maximum Gasteiger partial charge on any atom is 0.413 e. The van der Waals surface area contributed by atoms with Crippen LogP contribution >= 0.6 is 11.3 Å². The fraction of sp³-hybridized carbons (Fsp3) is 0.278. The van der Waals surface area contributed by atoms with E-state index in [1.54, 1.807) is 6.92 Å². The average Bonchev–Trinajstić information content (AvgIpc) is 3.04. The highest BCUT2D eigenvalue weighted by molar-refractivity contribution is 7.17. The van der Waals surface area contributed by atoms with Gasteiger partial charge in [-0.3, -0.25) is 10.1 Å². The summed E-state index contributed by atoms with van der Waals surface area (Å²) in [5.41, 5.74) is 3.53. The number of ether oxygens (including phenoxy) is 2. The summed E-state index contributed by atoms with van der Waals surface area (Å²) in [7, 11) is 0. The molecule has 0 bridgehead atoms. The molecule has 2 aromatic rings. The molecule has 1 aromatic heterocycles. The minimum absolute atomic E-state index is 0.154. The van der Waals surface area contributed by atoms with Crippen LogP contribution in [-0.4, -0.2) is 31.2 Å². The van der Waals surface area contributed by atoms with Crippen LogP contribution in [0.1, 0.15) is 27.7 Å². The van der Waals surface area contributed by atoms with E-state index in [-0.39, 0.29) is 6.61 Å². The summed E-state index contributed by atoms with van der Waals surface area (Å²) >= 11 is 1.36. The largest absolute Gasteiger partial charge is 0.451 e. The second-order valence-corrected chi connectivity index (χ2v) is 6.52. The highest BCUT2D eigenvalue weighted by Crippen LogP contribution is 2.39. The number of carbonyl (C=O) groups excluding carboxylic acids is 3. The molecule has 3 rings (SSSR count). The standard InChI is InChI=1S/C18H17NO5S/c1-2-23-18(22)19-15(20)10-24-17(21)14-9-12-8-7-11-5-3-4-6-13(11)16(12)25-14/h3-6,9H,2,7-8,10H2,1H3,(H,19,20,22). The number of aryl methyl sites for hydroxylation is 2. The van der Waals surface area contributed by atoms with Gasteiger partial charge in [0.05, 0.1) is 6.61 Å². The molecule has 1 aromatic carbocycles. The van der Waals surface area contributed by atoms with E-state index in [1.807, 2.05) is 29.6 Å². The van der Waals surface area contributed by atoms with Gasteiger partial charge in [0.25, 0.3) is 5.91 Å². The number of benzene rings is 1. The first-order valence-corrected chi connectivity index (χ1v) is 8.75. The van der Waals surface area contributed by atoms with Crippen LogP contribution in [0.4, 0.5) is 4.79 Å². The first kappa shape index (κ1) is 17.2. The van der Waals surface area contributed by atoms with Crippen LogP contribution in [0.5, 0.6) is 0 Å². The predicted molar refractivity (Wildman–Crippen MR) is 92.6 cm³/mol. The summed E-state index contributed by atoms with van der Waals surface area (Å²) < 4.78 is 9.57. The van der Waals surface area contributed by atoms with Gasteiger partial charge in [-0.05, 0) is 42.5 Å². The number of thiophene rings is 1. The molecule has 2 amide bonds. The Hall–Kier alpha value is -2.67. The molecule has 6 nitrogen and oxygen atoms in total. The van der Waals surface area contributed by atoms with E-state index in [0.29, 0.717) is 4.88 Å². The molecule has 0 spiro atoms. The summed E-state index contributed by atoms with van der Waals surface area (Å²) in [6.07, 6.45) is 0.960. The lowest BCUT2D eigenvalue weighted by atomic mass is 9.91. The Balaban J connectivity index is 1.64. The van der Waals surface area contributed by atoms with Crippen molar-refractivity contribution >= 4 is 29.3 Å². The Kier molecular flexibility index (Phi) is 5.14. The molecule has 1 aliphatic carbocycles. The van der Waals surface area contributed by atoms with Crippen LogP contribution in [0.25, 0.3) is 10.4 Å². The van der Waals surface area contributed by atoms with Gasteiger partial charge in [0, 0.05) is 4.88 Å². The Morgan fingerprint density at radius 1 is 1.12 bits per heavy atom. The fourth-order valence-electron chi connectivity index (χ4n) is 2.69. The quantitative estimate of drug-likeness (QED) is 0.849. The van der Waals surface area contributed by atoms with Crippen LogP contribution in [0, 0.1) is 0 Å². The number of carbonyl (C=O) groups is 3. The van der Waals surface area contributed by atoms with Gasteiger partial charge in [0.15, 0.2) is 6.61 Å². The molecule has 7 heteroatoms. The third-order valence-electron chi connectivity index (χ3n) is 3.79. The number of rotatable bonds is 4. The highest BCUT2D eigenvalue weighted by Gasteiger charge is 2.22. The lowest BCUT2D eigenvalue weighted by Crippen LogP contribution is -2.34. The molecule has 1 N–H and O–H groups in total. The van der Waals surface area contributed by atoms with Crippen LogP contribution in [-0.2, 0) is 27.1 Å². The molecule has 0 saturated heterocycles. The summed E-state index contributed by atoms with van der Waals surface area (Å²) in [5.74, 6) is -1.30. The topological polar surface area (TPSA) is 81.7 Å². The van der Waals surface area contributed by atoms with E-state index >= 15 is 0 Å². The zero-order valence-electron chi connectivity index (χ0n) is 13.7. The number of esters is 1. The Labute approximate surface area is 148 Å². The zero-order valence-corrected chi connectivity index (χ0v) is 14.5. The molecule has 0 radical (unpaired) electrons. The number of amides is 2. The van der Waals surface area contributed by atoms with Crippen molar-refractivity contribution < 1.29 is 23.9 Å².